The summed E-state index contributed by atoms with van der Waals surface area (Å²) in [5.41, 5.74) is -0.269. The van der Waals surface area contributed by atoms with Crippen LogP contribution >= 0.6 is 11.3 Å². The van der Waals surface area contributed by atoms with Gasteiger partial charge in [0.2, 0.25) is 10.0 Å². The predicted molar refractivity (Wildman–Crippen MR) is 83.6 cm³/mol. The molecule has 0 spiro atoms. The molecule has 4 nitrogen and oxygen atoms in total. The second-order valence-electron chi connectivity index (χ2n) is 5.79. The summed E-state index contributed by atoms with van der Waals surface area (Å²) in [5.74, 6) is 0. The van der Waals surface area contributed by atoms with Crippen molar-refractivity contribution in [3.05, 3.63) is 15.8 Å². The first-order valence-electron chi connectivity index (χ1n) is 7.20. The van der Waals surface area contributed by atoms with Crippen LogP contribution in [0, 0.1) is 6.92 Å². The summed E-state index contributed by atoms with van der Waals surface area (Å²) < 4.78 is 28.1. The molecule has 6 heteroatoms. The second kappa shape index (κ2) is 6.13. The minimum absolute atomic E-state index is 0.269. The van der Waals surface area contributed by atoms with Gasteiger partial charge < -0.3 is 5.32 Å². The van der Waals surface area contributed by atoms with E-state index in [0.717, 1.165) is 48.5 Å². The van der Waals surface area contributed by atoms with Crippen molar-refractivity contribution in [1.82, 2.24) is 10.0 Å². The molecular weight excluding hydrogens is 292 g/mol. The molecule has 1 fully saturated rings. The van der Waals surface area contributed by atoms with Crippen LogP contribution < -0.4 is 10.0 Å². The molecule has 0 saturated heterocycles. The quantitative estimate of drug-likeness (QED) is 0.848. The molecule has 2 N–H and O–H groups in total. The van der Waals surface area contributed by atoms with Crippen molar-refractivity contribution >= 4 is 21.4 Å². The molecule has 0 bridgehead atoms. The van der Waals surface area contributed by atoms with Crippen molar-refractivity contribution in [1.29, 1.82) is 0 Å². The average molecular weight is 316 g/mol. The molecule has 1 aromatic heterocycles. The van der Waals surface area contributed by atoms with Crippen LogP contribution in [-0.2, 0) is 16.6 Å². The molecule has 0 unspecified atom stereocenters. The van der Waals surface area contributed by atoms with Gasteiger partial charge in [0, 0.05) is 21.8 Å². The van der Waals surface area contributed by atoms with Gasteiger partial charge in [0.15, 0.2) is 0 Å². The molecule has 0 aliphatic heterocycles. The standard InChI is InChI=1S/C14H24N2O2S2/c1-4-15-10-12-9-13(11(2)19-12)20(17,18)16-14(3)7-5-6-8-14/h9,15-16H,4-8,10H2,1-3H3. The van der Waals surface area contributed by atoms with Crippen molar-refractivity contribution in [2.75, 3.05) is 6.54 Å². The Morgan fingerprint density at radius 1 is 1.35 bits per heavy atom. The van der Waals surface area contributed by atoms with Crippen molar-refractivity contribution in [2.45, 2.75) is 63.4 Å². The molecule has 0 aromatic carbocycles. The highest BCUT2D eigenvalue weighted by Gasteiger charge is 2.34. The minimum atomic E-state index is -3.40. The van der Waals surface area contributed by atoms with E-state index in [1.165, 1.54) is 0 Å². The van der Waals surface area contributed by atoms with Crippen molar-refractivity contribution in [3.8, 4) is 0 Å². The van der Waals surface area contributed by atoms with Crippen LogP contribution in [0.4, 0.5) is 0 Å². The number of aryl methyl sites for hydroxylation is 1. The lowest BCUT2D eigenvalue weighted by Crippen LogP contribution is -2.43. The third-order valence-corrected chi connectivity index (χ3v) is 6.79. The Kier molecular flexibility index (Phi) is 4.89. The first kappa shape index (κ1) is 15.9. The first-order chi connectivity index (χ1) is 9.36. The molecule has 1 aromatic rings. The van der Waals surface area contributed by atoms with Gasteiger partial charge in [-0.1, -0.05) is 19.8 Å². The SMILES string of the molecule is CCNCc1cc(S(=O)(=O)NC2(C)CCCC2)c(C)s1. The van der Waals surface area contributed by atoms with E-state index in [0.29, 0.717) is 4.90 Å². The smallest absolute Gasteiger partial charge is 0.242 e. The van der Waals surface area contributed by atoms with Gasteiger partial charge in [-0.05, 0) is 39.3 Å². The van der Waals surface area contributed by atoms with E-state index in [9.17, 15) is 8.42 Å². The monoisotopic (exact) mass is 316 g/mol. The first-order valence-corrected chi connectivity index (χ1v) is 9.50. The minimum Gasteiger partial charge on any atom is -0.312 e. The Hall–Kier alpha value is -0.430. The lowest BCUT2D eigenvalue weighted by Gasteiger charge is -2.24. The van der Waals surface area contributed by atoms with Gasteiger partial charge in [0.05, 0.1) is 4.90 Å². The lowest BCUT2D eigenvalue weighted by molar-refractivity contribution is 0.427. The summed E-state index contributed by atoms with van der Waals surface area (Å²) in [6, 6.07) is 1.81. The van der Waals surface area contributed by atoms with E-state index in [1.807, 2.05) is 26.8 Å². The molecule has 0 atom stereocenters. The third kappa shape index (κ3) is 3.61. The maximum atomic E-state index is 12.6. The van der Waals surface area contributed by atoms with E-state index in [4.69, 9.17) is 0 Å². The molecule has 0 amide bonds. The van der Waals surface area contributed by atoms with Gasteiger partial charge in [-0.3, -0.25) is 0 Å². The van der Waals surface area contributed by atoms with Gasteiger partial charge in [0.25, 0.3) is 0 Å². The topological polar surface area (TPSA) is 58.2 Å². The Morgan fingerprint density at radius 3 is 2.60 bits per heavy atom. The molecule has 1 heterocycles. The Balaban J connectivity index is 2.18. The number of sulfonamides is 1. The van der Waals surface area contributed by atoms with E-state index in [1.54, 1.807) is 11.3 Å². The molecular formula is C14H24N2O2S2. The molecule has 1 aliphatic rings. The molecule has 0 radical (unpaired) electrons. The van der Waals surface area contributed by atoms with Crippen molar-refractivity contribution in [3.63, 3.8) is 0 Å². The van der Waals surface area contributed by atoms with E-state index in [2.05, 4.69) is 10.0 Å². The number of hydrogen-bond donors (Lipinski definition) is 2. The maximum Gasteiger partial charge on any atom is 0.242 e. The Labute approximate surface area is 126 Å². The van der Waals surface area contributed by atoms with Gasteiger partial charge >= 0.3 is 0 Å². The zero-order chi connectivity index (χ0) is 14.8. The van der Waals surface area contributed by atoms with E-state index >= 15 is 0 Å². The molecule has 1 saturated carbocycles. The van der Waals surface area contributed by atoms with E-state index in [-0.39, 0.29) is 5.54 Å². The molecule has 20 heavy (non-hydrogen) atoms. The summed E-state index contributed by atoms with van der Waals surface area (Å²) in [6.45, 7) is 7.55. The Bertz CT molecular complexity index is 558. The fourth-order valence-corrected chi connectivity index (χ4v) is 5.83. The van der Waals surface area contributed by atoms with Crippen LogP contribution in [0.1, 0.15) is 49.3 Å². The van der Waals surface area contributed by atoms with Crippen LogP contribution in [0.5, 0.6) is 0 Å². The number of hydrogen-bond acceptors (Lipinski definition) is 4. The fraction of sp³-hybridized carbons (Fsp3) is 0.714. The highest BCUT2D eigenvalue weighted by atomic mass is 32.2. The highest BCUT2D eigenvalue weighted by Crippen LogP contribution is 2.32. The fourth-order valence-electron chi connectivity index (χ4n) is 2.76. The molecule has 114 valence electrons. The number of nitrogens with one attached hydrogen (secondary N) is 2. The normalized spacial score (nSPS) is 18.6. The van der Waals surface area contributed by atoms with Crippen molar-refractivity contribution < 1.29 is 8.42 Å². The Morgan fingerprint density at radius 2 is 2.00 bits per heavy atom. The van der Waals surface area contributed by atoms with Crippen LogP contribution in [-0.4, -0.2) is 20.5 Å². The molecule has 1 aliphatic carbocycles. The summed E-state index contributed by atoms with van der Waals surface area (Å²) in [5, 5.41) is 3.23. The largest absolute Gasteiger partial charge is 0.312 e. The van der Waals surface area contributed by atoms with Gasteiger partial charge in [-0.25, -0.2) is 13.1 Å². The number of rotatable bonds is 6. The number of thiophene rings is 1. The van der Waals surface area contributed by atoms with Crippen LogP contribution in [0.3, 0.4) is 0 Å². The van der Waals surface area contributed by atoms with Gasteiger partial charge in [-0.2, -0.15) is 0 Å². The zero-order valence-electron chi connectivity index (χ0n) is 12.5. The highest BCUT2D eigenvalue weighted by molar-refractivity contribution is 7.89. The second-order valence-corrected chi connectivity index (χ2v) is 8.78. The van der Waals surface area contributed by atoms with Gasteiger partial charge in [0.1, 0.15) is 0 Å². The summed E-state index contributed by atoms with van der Waals surface area (Å²) in [6.07, 6.45) is 4.07. The predicted octanol–water partition coefficient (Wildman–Crippen LogP) is 2.78. The summed E-state index contributed by atoms with van der Waals surface area (Å²) >= 11 is 1.56. The van der Waals surface area contributed by atoms with Crippen LogP contribution in [0.2, 0.25) is 0 Å². The van der Waals surface area contributed by atoms with Crippen molar-refractivity contribution in [2.24, 2.45) is 0 Å². The summed E-state index contributed by atoms with van der Waals surface area (Å²) in [7, 11) is -3.40. The molecule has 2 rings (SSSR count). The summed E-state index contributed by atoms with van der Waals surface area (Å²) in [4.78, 5) is 2.39. The van der Waals surface area contributed by atoms with Gasteiger partial charge in [-0.15, -0.1) is 11.3 Å². The lowest BCUT2D eigenvalue weighted by atomic mass is 10.0. The maximum absolute atomic E-state index is 12.6. The van der Waals surface area contributed by atoms with E-state index < -0.39 is 10.0 Å². The van der Waals surface area contributed by atoms with Crippen LogP contribution in [0.15, 0.2) is 11.0 Å². The average Bonchev–Trinajstić information content (AvgIpc) is 2.93. The van der Waals surface area contributed by atoms with Crippen LogP contribution in [0.25, 0.3) is 0 Å². The third-order valence-electron chi connectivity index (χ3n) is 3.85. The zero-order valence-corrected chi connectivity index (χ0v) is 14.1.